The lowest BCUT2D eigenvalue weighted by atomic mass is 9.78. The Balaban J connectivity index is 1.44. The molecule has 164 valence electrons. The van der Waals surface area contributed by atoms with Crippen LogP contribution in [-0.4, -0.2) is 64.6 Å². The Morgan fingerprint density at radius 3 is 2.58 bits per heavy atom. The number of hydrogen-bond acceptors (Lipinski definition) is 6. The van der Waals surface area contributed by atoms with E-state index in [4.69, 9.17) is 0 Å². The Morgan fingerprint density at radius 2 is 1.81 bits per heavy atom. The van der Waals surface area contributed by atoms with Crippen LogP contribution in [0.5, 0.6) is 0 Å². The Hall–Kier alpha value is -2.58. The first-order valence-corrected chi connectivity index (χ1v) is 11.3. The summed E-state index contributed by atoms with van der Waals surface area (Å²) in [6.45, 7) is 3.63. The quantitative estimate of drug-likeness (QED) is 0.708. The average Bonchev–Trinajstić information content (AvgIpc) is 3.02. The monoisotopic (exact) mass is 424 g/mol. The summed E-state index contributed by atoms with van der Waals surface area (Å²) in [7, 11) is 0. The maximum Gasteiger partial charge on any atom is 0.262 e. The summed E-state index contributed by atoms with van der Waals surface area (Å²) in [5, 5.41) is 5.71. The fraction of sp³-hybridized carbons (Fsp3) is 0.565. The van der Waals surface area contributed by atoms with Gasteiger partial charge in [-0.1, -0.05) is 18.6 Å². The molecule has 8 heteroatoms. The van der Waals surface area contributed by atoms with E-state index in [-0.39, 0.29) is 24.3 Å². The highest BCUT2D eigenvalue weighted by Gasteiger charge is 2.46. The summed E-state index contributed by atoms with van der Waals surface area (Å²) in [6.07, 6.45) is 6.02. The molecular weight excluding hydrogens is 396 g/mol. The van der Waals surface area contributed by atoms with Gasteiger partial charge >= 0.3 is 0 Å². The molecule has 5 rings (SSSR count). The van der Waals surface area contributed by atoms with Gasteiger partial charge in [0.2, 0.25) is 11.8 Å². The summed E-state index contributed by atoms with van der Waals surface area (Å²) >= 11 is 0. The summed E-state index contributed by atoms with van der Waals surface area (Å²) in [5.74, 6) is -1.79. The minimum atomic E-state index is -0.927. The first kappa shape index (κ1) is 20.3. The molecular formula is C23H28N4O4. The number of amides is 4. The van der Waals surface area contributed by atoms with Crippen molar-refractivity contribution in [2.75, 3.05) is 19.6 Å². The van der Waals surface area contributed by atoms with E-state index in [2.05, 4.69) is 15.5 Å². The van der Waals surface area contributed by atoms with Crippen molar-refractivity contribution in [2.45, 2.75) is 63.1 Å². The maximum atomic E-state index is 13.4. The van der Waals surface area contributed by atoms with Gasteiger partial charge in [-0.15, -0.1) is 0 Å². The van der Waals surface area contributed by atoms with E-state index >= 15 is 0 Å². The zero-order chi connectivity index (χ0) is 21.6. The van der Waals surface area contributed by atoms with Gasteiger partial charge < -0.3 is 5.32 Å². The maximum absolute atomic E-state index is 13.4. The summed E-state index contributed by atoms with van der Waals surface area (Å²) in [6, 6.07) is 4.50. The van der Waals surface area contributed by atoms with Gasteiger partial charge in [-0.05, 0) is 63.4 Å². The Morgan fingerprint density at radius 1 is 1.00 bits per heavy atom. The van der Waals surface area contributed by atoms with Crippen LogP contribution in [0.2, 0.25) is 0 Å². The predicted molar refractivity (Wildman–Crippen MR) is 112 cm³/mol. The van der Waals surface area contributed by atoms with Crippen molar-refractivity contribution in [3.63, 3.8) is 0 Å². The van der Waals surface area contributed by atoms with Gasteiger partial charge in [0.05, 0.1) is 11.1 Å². The number of imide groups is 2. The lowest BCUT2D eigenvalue weighted by Gasteiger charge is -2.50. The first-order chi connectivity index (χ1) is 15.0. The van der Waals surface area contributed by atoms with Crippen LogP contribution in [0.1, 0.15) is 71.2 Å². The van der Waals surface area contributed by atoms with Crippen LogP contribution in [-0.2, 0) is 16.1 Å². The van der Waals surface area contributed by atoms with E-state index in [0.717, 1.165) is 49.4 Å². The minimum Gasteiger partial charge on any atom is -0.317 e. The van der Waals surface area contributed by atoms with Gasteiger partial charge in [0, 0.05) is 18.5 Å². The third-order valence-corrected chi connectivity index (χ3v) is 7.44. The van der Waals surface area contributed by atoms with Crippen molar-refractivity contribution >= 4 is 23.6 Å². The Kier molecular flexibility index (Phi) is 5.14. The van der Waals surface area contributed by atoms with E-state index in [1.807, 2.05) is 12.1 Å². The molecule has 1 aromatic rings. The molecule has 1 unspecified atom stereocenters. The molecule has 8 nitrogen and oxygen atoms in total. The first-order valence-electron chi connectivity index (χ1n) is 11.3. The second-order valence-corrected chi connectivity index (χ2v) is 9.14. The van der Waals surface area contributed by atoms with E-state index in [9.17, 15) is 19.2 Å². The molecule has 1 aromatic carbocycles. The number of hydrogen-bond donors (Lipinski definition) is 2. The fourth-order valence-electron chi connectivity index (χ4n) is 5.78. The molecule has 1 spiro atoms. The van der Waals surface area contributed by atoms with Gasteiger partial charge in [0.25, 0.3) is 11.8 Å². The second kappa shape index (κ2) is 7.84. The number of fused-ring (bicyclic) bond motifs is 1. The zero-order valence-electron chi connectivity index (χ0n) is 17.6. The van der Waals surface area contributed by atoms with Gasteiger partial charge in [0.15, 0.2) is 0 Å². The summed E-state index contributed by atoms with van der Waals surface area (Å²) < 4.78 is 0. The molecule has 0 saturated carbocycles. The molecule has 3 saturated heterocycles. The molecule has 4 aliphatic rings. The number of carbonyl (C=O) groups is 4. The zero-order valence-corrected chi connectivity index (χ0v) is 17.6. The Labute approximate surface area is 181 Å². The van der Waals surface area contributed by atoms with E-state index in [1.54, 1.807) is 6.07 Å². The molecule has 1 atom stereocenters. The molecule has 4 aliphatic heterocycles. The number of piperidine rings is 3. The van der Waals surface area contributed by atoms with Crippen molar-refractivity contribution < 1.29 is 19.2 Å². The minimum absolute atomic E-state index is 0.126. The van der Waals surface area contributed by atoms with Crippen molar-refractivity contribution in [1.29, 1.82) is 0 Å². The number of nitrogens with one attached hydrogen (secondary N) is 2. The molecule has 0 radical (unpaired) electrons. The number of nitrogens with zero attached hydrogens (tertiary/aromatic N) is 2. The molecule has 31 heavy (non-hydrogen) atoms. The molecule has 3 fully saturated rings. The standard InChI is InChI=1S/C23H28N4O4/c28-18-7-6-17(20(29)25-18)27-21(30)16-5-3-4-15(19(16)22(27)31)14-26-13-2-1-8-23(26)9-11-24-12-10-23/h3-5,17,24H,1-2,6-14H2,(H,25,28,29). The van der Waals surface area contributed by atoms with Crippen LogP contribution in [0.25, 0.3) is 0 Å². The van der Waals surface area contributed by atoms with Crippen molar-refractivity contribution in [2.24, 2.45) is 0 Å². The predicted octanol–water partition coefficient (Wildman–Crippen LogP) is 1.20. The van der Waals surface area contributed by atoms with Crippen LogP contribution in [0.3, 0.4) is 0 Å². The van der Waals surface area contributed by atoms with E-state index < -0.39 is 23.8 Å². The van der Waals surface area contributed by atoms with Gasteiger partial charge in [0.1, 0.15) is 6.04 Å². The molecule has 0 bridgehead atoms. The van der Waals surface area contributed by atoms with Crippen LogP contribution in [0.4, 0.5) is 0 Å². The van der Waals surface area contributed by atoms with Crippen molar-refractivity contribution in [3.8, 4) is 0 Å². The lowest BCUT2D eigenvalue weighted by Crippen LogP contribution is -2.56. The number of carbonyl (C=O) groups excluding carboxylic acids is 4. The molecule has 4 amide bonds. The van der Waals surface area contributed by atoms with Crippen LogP contribution < -0.4 is 10.6 Å². The normalized spacial score (nSPS) is 26.3. The van der Waals surface area contributed by atoms with Crippen molar-refractivity contribution in [1.82, 2.24) is 20.4 Å². The molecule has 2 N–H and O–H groups in total. The van der Waals surface area contributed by atoms with E-state index in [1.165, 1.54) is 12.8 Å². The highest BCUT2D eigenvalue weighted by atomic mass is 16.2. The number of benzene rings is 1. The topological polar surface area (TPSA) is 98.8 Å². The smallest absolute Gasteiger partial charge is 0.262 e. The third kappa shape index (κ3) is 3.38. The summed E-state index contributed by atoms with van der Waals surface area (Å²) in [5.41, 5.74) is 1.79. The number of likely N-dealkylation sites (tertiary alicyclic amines) is 1. The third-order valence-electron chi connectivity index (χ3n) is 7.44. The van der Waals surface area contributed by atoms with Gasteiger partial charge in [-0.3, -0.25) is 34.3 Å². The van der Waals surface area contributed by atoms with Gasteiger partial charge in [-0.25, -0.2) is 0 Å². The molecule has 0 aliphatic carbocycles. The van der Waals surface area contributed by atoms with E-state index in [0.29, 0.717) is 17.7 Å². The molecule has 4 heterocycles. The Bertz CT molecular complexity index is 945. The highest BCUT2D eigenvalue weighted by Crippen LogP contribution is 2.38. The van der Waals surface area contributed by atoms with Gasteiger partial charge in [-0.2, -0.15) is 0 Å². The van der Waals surface area contributed by atoms with Crippen LogP contribution in [0.15, 0.2) is 18.2 Å². The van der Waals surface area contributed by atoms with Crippen molar-refractivity contribution in [3.05, 3.63) is 34.9 Å². The average molecular weight is 425 g/mol. The summed E-state index contributed by atoms with van der Waals surface area (Å²) in [4.78, 5) is 53.9. The molecule has 0 aromatic heterocycles. The fourth-order valence-corrected chi connectivity index (χ4v) is 5.78. The van der Waals surface area contributed by atoms with Crippen LogP contribution >= 0.6 is 0 Å². The highest BCUT2D eigenvalue weighted by molar-refractivity contribution is 6.24. The second-order valence-electron chi connectivity index (χ2n) is 9.14. The van der Waals surface area contributed by atoms with Crippen LogP contribution in [0, 0.1) is 0 Å². The largest absolute Gasteiger partial charge is 0.317 e. The lowest BCUT2D eigenvalue weighted by molar-refractivity contribution is -0.136. The number of rotatable bonds is 3. The SMILES string of the molecule is O=C1CCC(N2C(=O)c3cccc(CN4CCCCC45CCNCC5)c3C2=O)C(=O)N1.